The van der Waals surface area contributed by atoms with Crippen molar-refractivity contribution in [2.45, 2.75) is 6.61 Å². The number of esters is 1. The third-order valence-electron chi connectivity index (χ3n) is 3.01. The van der Waals surface area contributed by atoms with Crippen molar-refractivity contribution in [1.82, 2.24) is 5.32 Å². The summed E-state index contributed by atoms with van der Waals surface area (Å²) in [5.74, 6) is -0.783. The Morgan fingerprint density at radius 2 is 1.75 bits per heavy atom. The van der Waals surface area contributed by atoms with Gasteiger partial charge in [0.05, 0.1) is 7.11 Å². The van der Waals surface area contributed by atoms with Crippen LogP contribution in [0.3, 0.4) is 0 Å². The van der Waals surface area contributed by atoms with Gasteiger partial charge in [-0.1, -0.05) is 30.3 Å². The van der Waals surface area contributed by atoms with Gasteiger partial charge in [0.15, 0.2) is 0 Å². The molecule has 1 amide bonds. The summed E-state index contributed by atoms with van der Waals surface area (Å²) >= 11 is 0. The summed E-state index contributed by atoms with van der Waals surface area (Å²) in [6, 6.07) is 9.06. The highest BCUT2D eigenvalue weighted by Crippen LogP contribution is 2.45. The predicted octanol–water partition coefficient (Wildman–Crippen LogP) is 3.13. The van der Waals surface area contributed by atoms with Crippen LogP contribution in [-0.4, -0.2) is 28.3 Å². The van der Waals surface area contributed by atoms with E-state index in [-0.39, 0.29) is 17.9 Å². The van der Waals surface area contributed by atoms with Gasteiger partial charge in [-0.15, -0.1) is 0 Å². The molecule has 24 heavy (non-hydrogen) atoms. The Morgan fingerprint density at radius 1 is 1.12 bits per heavy atom. The number of carbonyl (C=O) groups is 2. The van der Waals surface area contributed by atoms with Crippen molar-refractivity contribution in [3.05, 3.63) is 70.1 Å². The summed E-state index contributed by atoms with van der Waals surface area (Å²) in [6.45, 7) is 0.0443. The van der Waals surface area contributed by atoms with Crippen LogP contribution in [-0.2, 0) is 20.9 Å². The molecular formula is C16H17NO6S. The van der Waals surface area contributed by atoms with Crippen LogP contribution >= 0.6 is 10.6 Å². The Balaban J connectivity index is 2.08. The molecule has 0 unspecified atom stereocenters. The highest BCUT2D eigenvalue weighted by molar-refractivity contribution is 8.29. The number of carbonyl (C=O) groups excluding carboxylic acids is 2. The number of hydrogen-bond donors (Lipinski definition) is 3. The number of rotatable bonds is 4. The van der Waals surface area contributed by atoms with E-state index in [2.05, 4.69) is 10.1 Å². The molecule has 0 spiro atoms. The largest absolute Gasteiger partial charge is 0.464 e. The lowest BCUT2D eigenvalue weighted by Gasteiger charge is -2.26. The lowest BCUT2D eigenvalue weighted by molar-refractivity contribution is -0.136. The average Bonchev–Trinajstić information content (AvgIpc) is 2.58. The molecule has 0 fully saturated rings. The molecule has 0 aromatic heterocycles. The van der Waals surface area contributed by atoms with Gasteiger partial charge in [-0.2, -0.15) is 10.6 Å². The predicted molar refractivity (Wildman–Crippen MR) is 89.9 cm³/mol. The van der Waals surface area contributed by atoms with Crippen LogP contribution in [0.1, 0.15) is 5.56 Å². The van der Waals surface area contributed by atoms with E-state index in [0.29, 0.717) is 0 Å². The normalized spacial score (nSPS) is 16.2. The second-order valence-electron chi connectivity index (χ2n) is 4.75. The molecule has 1 heterocycles. The van der Waals surface area contributed by atoms with Crippen LogP contribution in [0.15, 0.2) is 64.6 Å². The van der Waals surface area contributed by atoms with Gasteiger partial charge in [0.25, 0.3) is 0 Å². The van der Waals surface area contributed by atoms with E-state index in [0.717, 1.165) is 16.4 Å². The van der Waals surface area contributed by atoms with Crippen LogP contribution < -0.4 is 5.32 Å². The molecule has 3 N–H and O–H groups in total. The van der Waals surface area contributed by atoms with Crippen LogP contribution in [0.25, 0.3) is 0 Å². The molecule has 8 heteroatoms. The minimum atomic E-state index is -2.95. The number of methoxy groups -OCH3 is 1. The van der Waals surface area contributed by atoms with Gasteiger partial charge in [0.2, 0.25) is 0 Å². The number of amides is 1. The van der Waals surface area contributed by atoms with Gasteiger partial charge in [0, 0.05) is 16.4 Å². The molecule has 0 saturated heterocycles. The van der Waals surface area contributed by atoms with Crippen LogP contribution in [0.5, 0.6) is 0 Å². The summed E-state index contributed by atoms with van der Waals surface area (Å²) in [6.07, 6.45) is 1.81. The maximum absolute atomic E-state index is 11.9. The third kappa shape index (κ3) is 4.98. The Labute approximate surface area is 140 Å². The van der Waals surface area contributed by atoms with Crippen molar-refractivity contribution >= 4 is 22.7 Å². The van der Waals surface area contributed by atoms with E-state index in [4.69, 9.17) is 4.74 Å². The van der Waals surface area contributed by atoms with Crippen molar-refractivity contribution in [2.24, 2.45) is 0 Å². The van der Waals surface area contributed by atoms with E-state index >= 15 is 0 Å². The molecule has 2 rings (SSSR count). The van der Waals surface area contributed by atoms with Gasteiger partial charge >= 0.3 is 12.1 Å². The number of benzene rings is 1. The Kier molecular flexibility index (Phi) is 5.80. The molecule has 7 nitrogen and oxygen atoms in total. The molecule has 1 aromatic rings. The smallest absolute Gasteiger partial charge is 0.412 e. The zero-order valence-electron chi connectivity index (χ0n) is 12.8. The average molecular weight is 351 g/mol. The minimum Gasteiger partial charge on any atom is -0.464 e. The third-order valence-corrected chi connectivity index (χ3v) is 4.09. The first-order valence-electron chi connectivity index (χ1n) is 6.86. The standard InChI is InChI=1S/C16H17NO6S/c1-22-15(18)14(13-7-9-24(20,21)10-8-13)17-16(19)23-11-12-5-3-2-4-6-12/h2-10,20-21H,11H2,1H3,(H,17,19). The Morgan fingerprint density at radius 3 is 2.33 bits per heavy atom. The second kappa shape index (κ2) is 7.82. The van der Waals surface area contributed by atoms with E-state index in [1.165, 1.54) is 19.3 Å². The summed E-state index contributed by atoms with van der Waals surface area (Å²) in [5.41, 5.74) is 0.911. The number of ether oxygens (including phenoxy) is 2. The zero-order chi connectivity index (χ0) is 17.6. The quantitative estimate of drug-likeness (QED) is 0.568. The first kappa shape index (κ1) is 17.8. The molecule has 128 valence electrons. The first-order valence-corrected chi connectivity index (χ1v) is 8.53. The van der Waals surface area contributed by atoms with Crippen LogP contribution in [0.2, 0.25) is 0 Å². The summed E-state index contributed by atoms with van der Waals surface area (Å²) in [5, 5.41) is 4.60. The van der Waals surface area contributed by atoms with Gasteiger partial charge in [-0.3, -0.25) is 14.4 Å². The zero-order valence-corrected chi connectivity index (χ0v) is 13.7. The fourth-order valence-electron chi connectivity index (χ4n) is 1.82. The maximum atomic E-state index is 11.9. The summed E-state index contributed by atoms with van der Waals surface area (Å²) < 4.78 is 28.6. The molecule has 0 radical (unpaired) electrons. The van der Waals surface area contributed by atoms with Crippen LogP contribution in [0, 0.1) is 0 Å². The van der Waals surface area contributed by atoms with Gasteiger partial charge in [0.1, 0.15) is 12.3 Å². The highest BCUT2D eigenvalue weighted by atomic mass is 32.3. The van der Waals surface area contributed by atoms with E-state index < -0.39 is 22.7 Å². The molecule has 1 aliphatic rings. The van der Waals surface area contributed by atoms with Gasteiger partial charge in [-0.25, -0.2) is 9.59 Å². The first-order chi connectivity index (χ1) is 11.4. The lowest BCUT2D eigenvalue weighted by atomic mass is 10.2. The minimum absolute atomic E-state index is 0.0443. The Bertz CT molecular complexity index is 691. The van der Waals surface area contributed by atoms with Crippen LogP contribution in [0.4, 0.5) is 4.79 Å². The maximum Gasteiger partial charge on any atom is 0.412 e. The molecular weight excluding hydrogens is 334 g/mol. The van der Waals surface area contributed by atoms with Gasteiger partial charge < -0.3 is 9.47 Å². The number of hydrogen-bond acceptors (Lipinski definition) is 6. The number of nitrogens with one attached hydrogen (secondary N) is 1. The SMILES string of the molecule is COC(=O)C(NC(=O)OCc1ccccc1)=C1C=CS(O)(O)C=C1. The van der Waals surface area contributed by atoms with E-state index in [1.807, 2.05) is 18.2 Å². The lowest BCUT2D eigenvalue weighted by Crippen LogP contribution is -2.30. The van der Waals surface area contributed by atoms with Gasteiger partial charge in [-0.05, 0) is 17.7 Å². The number of allylic oxidation sites excluding steroid dienone is 3. The Hall–Kier alpha value is -2.55. The molecule has 0 bridgehead atoms. The van der Waals surface area contributed by atoms with Crippen molar-refractivity contribution < 1.29 is 28.2 Å². The molecule has 0 atom stereocenters. The van der Waals surface area contributed by atoms with Crippen molar-refractivity contribution in [2.75, 3.05) is 7.11 Å². The van der Waals surface area contributed by atoms with Crippen molar-refractivity contribution in [3.63, 3.8) is 0 Å². The molecule has 0 aliphatic carbocycles. The monoisotopic (exact) mass is 351 g/mol. The molecule has 1 aliphatic heterocycles. The second-order valence-corrected chi connectivity index (χ2v) is 6.58. The summed E-state index contributed by atoms with van der Waals surface area (Å²) in [7, 11) is -1.78. The van der Waals surface area contributed by atoms with Crippen molar-refractivity contribution in [1.29, 1.82) is 0 Å². The molecule has 0 saturated carbocycles. The van der Waals surface area contributed by atoms with Crippen molar-refractivity contribution in [3.8, 4) is 0 Å². The summed E-state index contributed by atoms with van der Waals surface area (Å²) in [4.78, 5) is 23.7. The van der Waals surface area contributed by atoms with E-state index in [9.17, 15) is 18.7 Å². The topological polar surface area (TPSA) is 105 Å². The highest BCUT2D eigenvalue weighted by Gasteiger charge is 2.20. The fraction of sp³-hybridized carbons (Fsp3) is 0.125. The number of alkyl carbamates (subject to hydrolysis) is 1. The fourth-order valence-corrected chi connectivity index (χ4v) is 2.60. The van der Waals surface area contributed by atoms with E-state index in [1.54, 1.807) is 12.1 Å². The molecule has 1 aromatic carbocycles.